The largest absolute Gasteiger partial charge is 0.462 e. The molecule has 0 aliphatic heterocycles. The van der Waals surface area contributed by atoms with Crippen LogP contribution in [0.2, 0.25) is 0 Å². The van der Waals surface area contributed by atoms with Gasteiger partial charge in [-0.15, -0.1) is 0 Å². The van der Waals surface area contributed by atoms with E-state index in [1.165, 1.54) is 0 Å². The second-order valence-electron chi connectivity index (χ2n) is 11.2. The summed E-state index contributed by atoms with van der Waals surface area (Å²) >= 11 is 0. The molecular formula is C41H64O5. The van der Waals surface area contributed by atoms with Crippen LogP contribution in [0, 0.1) is 0 Å². The summed E-state index contributed by atoms with van der Waals surface area (Å²) in [6.45, 7) is 3.81. The number of ether oxygens (including phenoxy) is 2. The normalized spacial score (nSPS) is 13.4. The van der Waals surface area contributed by atoms with E-state index in [1.807, 2.05) is 6.08 Å². The van der Waals surface area contributed by atoms with Gasteiger partial charge < -0.3 is 14.6 Å². The number of esters is 2. The van der Waals surface area contributed by atoms with Crippen molar-refractivity contribution >= 4 is 11.9 Å². The van der Waals surface area contributed by atoms with Crippen molar-refractivity contribution in [2.45, 2.75) is 136 Å². The van der Waals surface area contributed by atoms with E-state index in [9.17, 15) is 14.7 Å². The van der Waals surface area contributed by atoms with Crippen LogP contribution in [-0.4, -0.2) is 36.4 Å². The van der Waals surface area contributed by atoms with E-state index < -0.39 is 6.10 Å². The number of hydrogen-bond acceptors (Lipinski definition) is 5. The van der Waals surface area contributed by atoms with Crippen LogP contribution in [0.3, 0.4) is 0 Å². The van der Waals surface area contributed by atoms with Gasteiger partial charge in [0, 0.05) is 12.8 Å². The summed E-state index contributed by atoms with van der Waals surface area (Å²) in [5.41, 5.74) is 0. The minimum Gasteiger partial charge on any atom is -0.462 e. The van der Waals surface area contributed by atoms with Crippen molar-refractivity contribution in [3.05, 3.63) is 97.2 Å². The van der Waals surface area contributed by atoms with Gasteiger partial charge in [0.1, 0.15) is 6.61 Å². The maximum absolute atomic E-state index is 12.1. The van der Waals surface area contributed by atoms with Crippen molar-refractivity contribution in [2.75, 3.05) is 13.2 Å². The molecule has 5 heteroatoms. The number of unbranched alkanes of at least 4 members (excludes halogenated alkanes) is 8. The Kier molecular flexibility index (Phi) is 33.8. The second-order valence-corrected chi connectivity index (χ2v) is 11.2. The van der Waals surface area contributed by atoms with E-state index in [-0.39, 0.29) is 25.2 Å². The Bertz CT molecular complexity index is 948. The van der Waals surface area contributed by atoms with E-state index >= 15 is 0 Å². The molecule has 0 fully saturated rings. The lowest BCUT2D eigenvalue weighted by atomic mass is 10.1. The number of allylic oxidation sites excluding steroid dienone is 16. The van der Waals surface area contributed by atoms with Crippen molar-refractivity contribution in [1.29, 1.82) is 0 Å². The van der Waals surface area contributed by atoms with Gasteiger partial charge in [0.2, 0.25) is 0 Å². The molecule has 0 aliphatic carbocycles. The molecule has 0 bridgehead atoms. The summed E-state index contributed by atoms with van der Waals surface area (Å²) in [6, 6.07) is 0. The van der Waals surface area contributed by atoms with Gasteiger partial charge in [0.25, 0.3) is 0 Å². The predicted molar refractivity (Wildman–Crippen MR) is 195 cm³/mol. The Morgan fingerprint density at radius 1 is 0.522 bits per heavy atom. The molecule has 0 aliphatic rings. The Morgan fingerprint density at radius 2 is 0.978 bits per heavy atom. The lowest BCUT2D eigenvalue weighted by molar-refractivity contribution is -0.161. The molecule has 1 atom stereocenters. The molecule has 0 radical (unpaired) electrons. The van der Waals surface area contributed by atoms with Gasteiger partial charge in [0.05, 0.1) is 6.61 Å². The zero-order valence-corrected chi connectivity index (χ0v) is 29.0. The lowest BCUT2D eigenvalue weighted by Crippen LogP contribution is -2.28. The van der Waals surface area contributed by atoms with Crippen LogP contribution < -0.4 is 0 Å². The molecule has 1 N–H and O–H groups in total. The van der Waals surface area contributed by atoms with E-state index in [2.05, 4.69) is 105 Å². The Labute approximate surface area is 281 Å². The van der Waals surface area contributed by atoms with Gasteiger partial charge in [-0.2, -0.15) is 0 Å². The molecule has 0 aromatic carbocycles. The number of hydrogen-bond donors (Lipinski definition) is 1. The summed E-state index contributed by atoms with van der Waals surface area (Å²) in [4.78, 5) is 24.2. The highest BCUT2D eigenvalue weighted by molar-refractivity contribution is 5.70. The number of carbonyl (C=O) groups excluding carboxylic acids is 2. The maximum Gasteiger partial charge on any atom is 0.306 e. The van der Waals surface area contributed by atoms with E-state index in [0.29, 0.717) is 12.8 Å². The van der Waals surface area contributed by atoms with Gasteiger partial charge in [-0.1, -0.05) is 137 Å². The zero-order chi connectivity index (χ0) is 33.6. The first-order valence-electron chi connectivity index (χ1n) is 17.8. The summed E-state index contributed by atoms with van der Waals surface area (Å²) < 4.78 is 10.5. The third-order valence-corrected chi connectivity index (χ3v) is 6.93. The van der Waals surface area contributed by atoms with Crippen LogP contribution in [0.4, 0.5) is 0 Å². The standard InChI is InChI=1S/C41H64O5/c1-3-5-7-9-11-13-15-17-18-19-20-21-22-24-26-28-30-32-34-36-41(44)46-39(37-42)38-45-40(43)35-33-31-29-27-25-23-16-14-12-10-8-6-4-2/h5-8,10-14,16-18,20-21,24,26,39,42H,3-4,9,15,19,22-23,25,27-38H2,1-2H3/b7-5+,8-6+,12-10+,13-11+,16-14+,18-17+,21-20+,26-24+. The monoisotopic (exact) mass is 636 g/mol. The van der Waals surface area contributed by atoms with Gasteiger partial charge >= 0.3 is 11.9 Å². The summed E-state index contributed by atoms with van der Waals surface area (Å²) in [7, 11) is 0. The van der Waals surface area contributed by atoms with Crippen molar-refractivity contribution in [3.63, 3.8) is 0 Å². The third kappa shape index (κ3) is 33.7. The predicted octanol–water partition coefficient (Wildman–Crippen LogP) is 10.9. The molecule has 0 rings (SSSR count). The fourth-order valence-electron chi connectivity index (χ4n) is 4.28. The smallest absolute Gasteiger partial charge is 0.306 e. The summed E-state index contributed by atoms with van der Waals surface area (Å²) in [5, 5.41) is 9.52. The SMILES string of the molecule is CC/C=C/C=C/C=C/CCCCCCCC(=O)OCC(CO)OC(=O)CCCCC/C=C/C/C=C/C/C=C/C/C=C/C/C=C/CC. The first kappa shape index (κ1) is 42.8. The fourth-order valence-corrected chi connectivity index (χ4v) is 4.28. The van der Waals surface area contributed by atoms with Crippen molar-refractivity contribution in [2.24, 2.45) is 0 Å². The molecule has 0 amide bonds. The fraction of sp³-hybridized carbons (Fsp3) is 0.561. The Morgan fingerprint density at radius 3 is 1.57 bits per heavy atom. The number of aliphatic hydroxyl groups is 1. The highest BCUT2D eigenvalue weighted by atomic mass is 16.6. The van der Waals surface area contributed by atoms with Crippen LogP contribution in [-0.2, 0) is 19.1 Å². The first-order chi connectivity index (χ1) is 22.6. The minimum absolute atomic E-state index is 0.0971. The summed E-state index contributed by atoms with van der Waals surface area (Å²) in [5.74, 6) is -0.666. The Hall–Kier alpha value is -3.18. The van der Waals surface area contributed by atoms with E-state index in [4.69, 9.17) is 9.47 Å². The van der Waals surface area contributed by atoms with Crippen LogP contribution in [0.15, 0.2) is 97.2 Å². The average molecular weight is 637 g/mol. The van der Waals surface area contributed by atoms with Crippen LogP contribution >= 0.6 is 0 Å². The molecule has 5 nitrogen and oxygen atoms in total. The average Bonchev–Trinajstić information content (AvgIpc) is 3.06. The first-order valence-corrected chi connectivity index (χ1v) is 17.8. The topological polar surface area (TPSA) is 72.8 Å². The minimum atomic E-state index is -0.802. The Balaban J connectivity index is 3.73. The van der Waals surface area contributed by atoms with E-state index in [1.54, 1.807) is 0 Å². The van der Waals surface area contributed by atoms with Crippen LogP contribution in [0.5, 0.6) is 0 Å². The molecular weight excluding hydrogens is 572 g/mol. The van der Waals surface area contributed by atoms with Crippen molar-refractivity contribution in [3.8, 4) is 0 Å². The molecule has 1 unspecified atom stereocenters. The zero-order valence-electron chi connectivity index (χ0n) is 29.0. The van der Waals surface area contributed by atoms with Crippen molar-refractivity contribution in [1.82, 2.24) is 0 Å². The maximum atomic E-state index is 12.1. The number of carbonyl (C=O) groups is 2. The van der Waals surface area contributed by atoms with Crippen LogP contribution in [0.1, 0.15) is 129 Å². The van der Waals surface area contributed by atoms with Gasteiger partial charge in [0.15, 0.2) is 6.10 Å². The highest BCUT2D eigenvalue weighted by Crippen LogP contribution is 2.10. The number of rotatable bonds is 30. The third-order valence-electron chi connectivity index (χ3n) is 6.93. The molecule has 0 saturated carbocycles. The van der Waals surface area contributed by atoms with Crippen LogP contribution in [0.25, 0.3) is 0 Å². The molecule has 0 heterocycles. The molecule has 0 aromatic rings. The van der Waals surface area contributed by atoms with Gasteiger partial charge in [-0.25, -0.2) is 0 Å². The molecule has 0 aromatic heterocycles. The van der Waals surface area contributed by atoms with Crippen molar-refractivity contribution < 1.29 is 24.2 Å². The molecule has 0 spiro atoms. The summed E-state index contributed by atoms with van der Waals surface area (Å²) in [6.07, 6.45) is 50.3. The van der Waals surface area contributed by atoms with E-state index in [0.717, 1.165) is 103 Å². The quantitative estimate of drug-likeness (QED) is 0.0367. The second kappa shape index (κ2) is 36.3. The molecule has 0 saturated heterocycles. The molecule has 258 valence electrons. The lowest BCUT2D eigenvalue weighted by Gasteiger charge is -2.15. The number of aliphatic hydroxyl groups excluding tert-OH is 1. The highest BCUT2D eigenvalue weighted by Gasteiger charge is 2.16. The van der Waals surface area contributed by atoms with Gasteiger partial charge in [-0.05, 0) is 77.0 Å². The van der Waals surface area contributed by atoms with Gasteiger partial charge in [-0.3, -0.25) is 9.59 Å². The molecule has 46 heavy (non-hydrogen) atoms.